The third-order valence-electron chi connectivity index (χ3n) is 1.85. The Morgan fingerprint density at radius 2 is 2.35 bits per heavy atom. The molecule has 2 aromatic heterocycles. The number of nitrogens with one attached hydrogen (secondary N) is 1. The van der Waals surface area contributed by atoms with Gasteiger partial charge in [-0.2, -0.15) is 5.10 Å². The maximum Gasteiger partial charge on any atom is 0.251 e. The van der Waals surface area contributed by atoms with Crippen LogP contribution in [0.2, 0.25) is 0 Å². The first kappa shape index (κ1) is 11.1. The van der Waals surface area contributed by atoms with Gasteiger partial charge in [-0.3, -0.25) is 4.79 Å². The quantitative estimate of drug-likeness (QED) is 0.776. The lowest BCUT2D eigenvalue weighted by atomic mass is 10.5. The highest BCUT2D eigenvalue weighted by atomic mass is 16.5. The maximum atomic E-state index is 11.3. The van der Waals surface area contributed by atoms with Crippen LogP contribution in [0.1, 0.15) is 0 Å². The molecule has 17 heavy (non-hydrogen) atoms. The normalized spacial score (nSPS) is 10.2. The summed E-state index contributed by atoms with van der Waals surface area (Å²) in [5.41, 5.74) is 0. The van der Waals surface area contributed by atoms with Gasteiger partial charge >= 0.3 is 0 Å². The van der Waals surface area contributed by atoms with E-state index in [-0.39, 0.29) is 12.5 Å². The molecule has 0 spiro atoms. The Morgan fingerprint density at radius 3 is 3.06 bits per heavy atom. The summed E-state index contributed by atoms with van der Waals surface area (Å²) in [5, 5.41) is 6.49. The summed E-state index contributed by atoms with van der Waals surface area (Å²) < 4.78 is 6.16. The lowest BCUT2D eigenvalue weighted by Crippen LogP contribution is -2.18. The topological polar surface area (TPSA) is 94.8 Å². The van der Waals surface area contributed by atoms with Gasteiger partial charge in [0.2, 0.25) is 0 Å². The first-order valence-electron chi connectivity index (χ1n) is 4.75. The van der Waals surface area contributed by atoms with Gasteiger partial charge in [-0.25, -0.2) is 19.6 Å². The van der Waals surface area contributed by atoms with E-state index in [1.165, 1.54) is 30.8 Å². The van der Waals surface area contributed by atoms with Gasteiger partial charge in [0.25, 0.3) is 5.91 Å². The van der Waals surface area contributed by atoms with E-state index in [1.807, 2.05) is 0 Å². The highest BCUT2D eigenvalue weighted by Gasteiger charge is 2.05. The van der Waals surface area contributed by atoms with Gasteiger partial charge in [0.05, 0.1) is 0 Å². The predicted octanol–water partition coefficient (Wildman–Crippen LogP) is -0.358. The van der Waals surface area contributed by atoms with Gasteiger partial charge in [-0.05, 0) is 0 Å². The fourth-order valence-electron chi connectivity index (χ4n) is 1.18. The standard InChI is InChI=1S/C9H10N6O2/c1-17-3-9(16)14-7-2-8(12-5-11-7)15-6-10-4-13-15/h2,4-6H,3H2,1H3,(H,11,12,14,16). The van der Waals surface area contributed by atoms with Crippen molar-refractivity contribution in [1.29, 1.82) is 0 Å². The molecule has 0 aliphatic carbocycles. The van der Waals surface area contributed by atoms with Crippen LogP contribution in [0.15, 0.2) is 25.0 Å². The Kier molecular flexibility index (Phi) is 3.36. The van der Waals surface area contributed by atoms with Crippen LogP contribution in [-0.4, -0.2) is 44.4 Å². The SMILES string of the molecule is COCC(=O)Nc1cc(-n2cncn2)ncn1. The lowest BCUT2D eigenvalue weighted by molar-refractivity contribution is -0.119. The number of rotatable bonds is 4. The third kappa shape index (κ3) is 2.82. The Hall–Kier alpha value is -2.35. The van der Waals surface area contributed by atoms with Crippen molar-refractivity contribution in [3.63, 3.8) is 0 Å². The van der Waals surface area contributed by atoms with Crippen LogP contribution in [0.4, 0.5) is 5.82 Å². The summed E-state index contributed by atoms with van der Waals surface area (Å²) in [4.78, 5) is 23.0. The van der Waals surface area contributed by atoms with Crippen molar-refractivity contribution in [3.8, 4) is 5.82 Å². The number of carbonyl (C=O) groups is 1. The average Bonchev–Trinajstić information content (AvgIpc) is 2.83. The van der Waals surface area contributed by atoms with E-state index < -0.39 is 0 Å². The Morgan fingerprint density at radius 1 is 1.47 bits per heavy atom. The van der Waals surface area contributed by atoms with Gasteiger partial charge in [-0.1, -0.05) is 0 Å². The van der Waals surface area contributed by atoms with Gasteiger partial charge in [-0.15, -0.1) is 0 Å². The van der Waals surface area contributed by atoms with Gasteiger partial charge < -0.3 is 10.1 Å². The largest absolute Gasteiger partial charge is 0.375 e. The molecular formula is C9H10N6O2. The smallest absolute Gasteiger partial charge is 0.251 e. The van der Waals surface area contributed by atoms with Crippen molar-refractivity contribution < 1.29 is 9.53 Å². The number of hydrogen-bond acceptors (Lipinski definition) is 6. The molecule has 0 atom stereocenters. The number of amides is 1. The minimum absolute atomic E-state index is 0.0251. The molecule has 8 nitrogen and oxygen atoms in total. The van der Waals surface area contributed by atoms with Crippen LogP contribution >= 0.6 is 0 Å². The molecule has 88 valence electrons. The second-order valence-electron chi connectivity index (χ2n) is 3.08. The number of hydrogen-bond donors (Lipinski definition) is 1. The van der Waals surface area contributed by atoms with Crippen LogP contribution < -0.4 is 5.32 Å². The molecule has 0 aromatic carbocycles. The van der Waals surface area contributed by atoms with Gasteiger partial charge in [0.1, 0.15) is 31.4 Å². The third-order valence-corrected chi connectivity index (χ3v) is 1.85. The number of aromatic nitrogens is 5. The first-order chi connectivity index (χ1) is 8.29. The molecule has 2 aromatic rings. The molecule has 1 amide bonds. The molecule has 0 saturated heterocycles. The minimum atomic E-state index is -0.282. The van der Waals surface area contributed by atoms with E-state index in [0.29, 0.717) is 11.6 Å². The Labute approximate surface area is 96.7 Å². The highest BCUT2D eigenvalue weighted by molar-refractivity contribution is 5.90. The molecule has 0 aliphatic rings. The van der Waals surface area contributed by atoms with Crippen molar-refractivity contribution in [2.75, 3.05) is 19.0 Å². The molecule has 0 radical (unpaired) electrons. The van der Waals surface area contributed by atoms with Gasteiger partial charge in [0, 0.05) is 13.2 Å². The van der Waals surface area contributed by atoms with Crippen molar-refractivity contribution in [2.24, 2.45) is 0 Å². The van der Waals surface area contributed by atoms with E-state index in [2.05, 4.69) is 25.4 Å². The van der Waals surface area contributed by atoms with Crippen LogP contribution in [0.25, 0.3) is 5.82 Å². The van der Waals surface area contributed by atoms with E-state index in [0.717, 1.165) is 0 Å². The molecule has 0 saturated carbocycles. The van der Waals surface area contributed by atoms with Crippen molar-refractivity contribution in [3.05, 3.63) is 25.0 Å². The lowest BCUT2D eigenvalue weighted by Gasteiger charge is -2.04. The van der Waals surface area contributed by atoms with Crippen LogP contribution in [0.3, 0.4) is 0 Å². The molecule has 1 N–H and O–H groups in total. The second-order valence-corrected chi connectivity index (χ2v) is 3.08. The summed E-state index contributed by atoms with van der Waals surface area (Å²) in [6.45, 7) is -0.0251. The number of ether oxygens (including phenoxy) is 1. The number of carbonyl (C=O) groups excluding carboxylic acids is 1. The summed E-state index contributed by atoms with van der Waals surface area (Å²) in [5.74, 6) is 0.619. The maximum absolute atomic E-state index is 11.3. The van der Waals surface area contributed by atoms with E-state index in [9.17, 15) is 4.79 Å². The van der Waals surface area contributed by atoms with Gasteiger partial charge in [0.15, 0.2) is 5.82 Å². The van der Waals surface area contributed by atoms with Crippen molar-refractivity contribution in [1.82, 2.24) is 24.7 Å². The molecule has 2 heterocycles. The Balaban J connectivity index is 2.15. The second kappa shape index (κ2) is 5.12. The molecular weight excluding hydrogens is 224 g/mol. The monoisotopic (exact) mass is 234 g/mol. The summed E-state index contributed by atoms with van der Waals surface area (Å²) in [6.07, 6.45) is 4.23. The molecule has 0 unspecified atom stereocenters. The zero-order valence-electron chi connectivity index (χ0n) is 9.07. The number of anilines is 1. The summed E-state index contributed by atoms with van der Waals surface area (Å²) in [6, 6.07) is 1.59. The van der Waals surface area contributed by atoms with E-state index in [4.69, 9.17) is 4.74 Å². The van der Waals surface area contributed by atoms with E-state index in [1.54, 1.807) is 6.07 Å². The van der Waals surface area contributed by atoms with E-state index >= 15 is 0 Å². The number of nitrogens with zero attached hydrogens (tertiary/aromatic N) is 5. The molecule has 0 bridgehead atoms. The fourth-order valence-corrected chi connectivity index (χ4v) is 1.18. The fraction of sp³-hybridized carbons (Fsp3) is 0.222. The predicted molar refractivity (Wildman–Crippen MR) is 57.5 cm³/mol. The zero-order valence-corrected chi connectivity index (χ0v) is 9.07. The van der Waals surface area contributed by atoms with Crippen molar-refractivity contribution in [2.45, 2.75) is 0 Å². The minimum Gasteiger partial charge on any atom is -0.375 e. The summed E-state index contributed by atoms with van der Waals surface area (Å²) in [7, 11) is 1.44. The number of methoxy groups -OCH3 is 1. The van der Waals surface area contributed by atoms with Crippen LogP contribution in [0, 0.1) is 0 Å². The van der Waals surface area contributed by atoms with Crippen LogP contribution in [0.5, 0.6) is 0 Å². The first-order valence-corrected chi connectivity index (χ1v) is 4.75. The molecule has 0 aliphatic heterocycles. The zero-order chi connectivity index (χ0) is 12.1. The molecule has 2 rings (SSSR count). The summed E-state index contributed by atoms with van der Waals surface area (Å²) >= 11 is 0. The average molecular weight is 234 g/mol. The highest BCUT2D eigenvalue weighted by Crippen LogP contribution is 2.06. The Bertz CT molecular complexity index is 498. The molecule has 8 heteroatoms. The molecule has 0 fully saturated rings. The van der Waals surface area contributed by atoms with Crippen LogP contribution in [-0.2, 0) is 9.53 Å². The van der Waals surface area contributed by atoms with Crippen molar-refractivity contribution >= 4 is 11.7 Å².